The van der Waals surface area contributed by atoms with Gasteiger partial charge in [0.05, 0.1) is 0 Å². The molecular formula is C25H47NO5Si2-2. The average molecular weight is 498 g/mol. The van der Waals surface area contributed by atoms with Crippen molar-refractivity contribution in [2.24, 2.45) is 0 Å². The van der Waals surface area contributed by atoms with Crippen molar-refractivity contribution in [2.45, 2.75) is 96.4 Å². The number of hydrogen-bond donors (Lipinski definition) is 1. The minimum absolute atomic E-state index is 0.140. The summed E-state index contributed by atoms with van der Waals surface area (Å²) in [6, 6.07) is 7.61. The van der Waals surface area contributed by atoms with Crippen molar-refractivity contribution in [3.8, 4) is 5.75 Å². The number of carbonyl (C=O) groups excluding carboxylic acids is 1. The topological polar surface area (TPSA) is 66.0 Å². The summed E-state index contributed by atoms with van der Waals surface area (Å²) >= 11 is 0. The van der Waals surface area contributed by atoms with E-state index in [1.165, 1.54) is 0 Å². The molecule has 1 heterocycles. The summed E-state index contributed by atoms with van der Waals surface area (Å²) in [6.45, 7) is 24.3. The molecule has 1 aliphatic heterocycles. The van der Waals surface area contributed by atoms with Crippen molar-refractivity contribution in [3.63, 3.8) is 0 Å². The van der Waals surface area contributed by atoms with Crippen LogP contribution in [0.2, 0.25) is 36.3 Å². The van der Waals surface area contributed by atoms with E-state index in [1.807, 2.05) is 24.3 Å². The molecule has 0 bridgehead atoms. The van der Waals surface area contributed by atoms with E-state index in [1.54, 1.807) is 0 Å². The van der Waals surface area contributed by atoms with Crippen molar-refractivity contribution in [2.75, 3.05) is 19.8 Å². The summed E-state index contributed by atoms with van der Waals surface area (Å²) in [7, 11) is -4.24. The second-order valence-corrected chi connectivity index (χ2v) is 23.9. The average Bonchev–Trinajstić information content (AvgIpc) is 3.05. The molecule has 2 rings (SSSR count). The van der Waals surface area contributed by atoms with Crippen LogP contribution >= 0.6 is 0 Å². The van der Waals surface area contributed by atoms with E-state index in [0.717, 1.165) is 24.3 Å². The fourth-order valence-corrected chi connectivity index (χ4v) is 5.56. The molecule has 0 radical (unpaired) electrons. The second-order valence-electron chi connectivity index (χ2n) is 12.8. The molecule has 1 N–H and O–H groups in total. The Morgan fingerprint density at radius 3 is 1.97 bits per heavy atom. The molecule has 1 saturated heterocycles. The van der Waals surface area contributed by atoms with Gasteiger partial charge in [-0.05, 0) is 0 Å². The standard InChI is InChI=1S/C25H47NO5Si2/c1-24(2,3)32(7,8)29-17-11-16-28-20-14-12-19(13-15-20)22-21(26-23(27)31-22)18-30-33(9,10)25(4,5)6/h12-15,21-22,32-33H,11,16-18H2,1-10H3,(H,26,27)/q-2/t21-,22-/m0/s1. The van der Waals surface area contributed by atoms with E-state index in [9.17, 15) is 4.79 Å². The number of nitrogens with one attached hydrogen (secondary N) is 1. The number of ether oxygens (including phenoxy) is 2. The second kappa shape index (κ2) is 10.5. The van der Waals surface area contributed by atoms with Crippen LogP contribution in [-0.2, 0) is 13.6 Å². The van der Waals surface area contributed by atoms with E-state index in [0.29, 0.717) is 13.2 Å². The van der Waals surface area contributed by atoms with Crippen LogP contribution in [-0.4, -0.2) is 48.6 Å². The summed E-state index contributed by atoms with van der Waals surface area (Å²) < 4.78 is 24.0. The van der Waals surface area contributed by atoms with Crippen molar-refractivity contribution in [1.29, 1.82) is 0 Å². The molecule has 192 valence electrons. The molecule has 1 fully saturated rings. The summed E-state index contributed by atoms with van der Waals surface area (Å²) in [6.07, 6.45) is 0.106. The number of hydrogen-bond acceptors (Lipinski definition) is 5. The predicted octanol–water partition coefficient (Wildman–Crippen LogP) is 6.11. The Morgan fingerprint density at radius 1 is 0.879 bits per heavy atom. The van der Waals surface area contributed by atoms with E-state index < -0.39 is 22.7 Å². The van der Waals surface area contributed by atoms with E-state index in [4.69, 9.17) is 18.3 Å². The monoisotopic (exact) mass is 497 g/mol. The van der Waals surface area contributed by atoms with Crippen molar-refractivity contribution < 1.29 is 23.1 Å². The summed E-state index contributed by atoms with van der Waals surface area (Å²) in [5.41, 5.74) is 0.940. The van der Waals surface area contributed by atoms with E-state index >= 15 is 0 Å². The number of alkyl carbamates (subject to hydrolysis) is 1. The third-order valence-corrected chi connectivity index (χ3v) is 18.5. The summed E-state index contributed by atoms with van der Waals surface area (Å²) in [5, 5.41) is 3.30. The van der Waals surface area contributed by atoms with Gasteiger partial charge in [0.25, 0.3) is 0 Å². The van der Waals surface area contributed by atoms with Crippen LogP contribution in [0.3, 0.4) is 0 Å². The van der Waals surface area contributed by atoms with Crippen LogP contribution in [0.5, 0.6) is 5.75 Å². The van der Waals surface area contributed by atoms with Gasteiger partial charge < -0.3 is 0 Å². The van der Waals surface area contributed by atoms with Crippen LogP contribution in [0.15, 0.2) is 24.3 Å². The van der Waals surface area contributed by atoms with Crippen molar-refractivity contribution in [1.82, 2.24) is 5.32 Å². The molecule has 0 aromatic heterocycles. The quantitative estimate of drug-likeness (QED) is 0.312. The summed E-state index contributed by atoms with van der Waals surface area (Å²) in [4.78, 5) is 12.0. The first kappa shape index (κ1) is 27.9. The first-order chi connectivity index (χ1) is 15.0. The molecule has 33 heavy (non-hydrogen) atoms. The third-order valence-electron chi connectivity index (χ3n) is 8.07. The molecule has 1 aromatic carbocycles. The molecule has 2 atom stereocenters. The van der Waals surface area contributed by atoms with Gasteiger partial charge in [0.2, 0.25) is 0 Å². The van der Waals surface area contributed by atoms with E-state index in [-0.39, 0.29) is 22.2 Å². The van der Waals surface area contributed by atoms with Gasteiger partial charge in [-0.25, -0.2) is 0 Å². The zero-order valence-electron chi connectivity index (χ0n) is 22.5. The van der Waals surface area contributed by atoms with E-state index in [2.05, 4.69) is 73.0 Å². The van der Waals surface area contributed by atoms with Gasteiger partial charge in [0.1, 0.15) is 0 Å². The number of cyclic esters (lactones) is 1. The molecule has 1 amide bonds. The molecule has 0 unspecified atom stereocenters. The van der Waals surface area contributed by atoms with Gasteiger partial charge in [0, 0.05) is 0 Å². The molecule has 6 nitrogen and oxygen atoms in total. The molecule has 0 aliphatic carbocycles. The first-order valence-electron chi connectivity index (χ1n) is 12.5. The normalized spacial score (nSPS) is 20.8. The molecular weight excluding hydrogens is 450 g/mol. The maximum absolute atomic E-state index is 12.0. The maximum atomic E-state index is 12.0. The zero-order chi connectivity index (χ0) is 25.1. The Labute approximate surface area is 203 Å². The van der Waals surface area contributed by atoms with Crippen LogP contribution < -0.4 is 10.1 Å². The third kappa shape index (κ3) is 7.57. The van der Waals surface area contributed by atoms with Crippen molar-refractivity contribution >= 4 is 22.7 Å². The molecule has 1 aliphatic rings. The Bertz CT molecular complexity index is 781. The number of carbonyl (C=O) groups is 1. The Hall–Kier alpha value is -1.36. The fraction of sp³-hybridized carbons (Fsp3) is 0.720. The zero-order valence-corrected chi connectivity index (χ0v) is 24.8. The predicted molar refractivity (Wildman–Crippen MR) is 142 cm³/mol. The van der Waals surface area contributed by atoms with Gasteiger partial charge in [-0.15, -0.1) is 0 Å². The Kier molecular flexibility index (Phi) is 8.87. The van der Waals surface area contributed by atoms with Crippen LogP contribution in [0, 0.1) is 0 Å². The molecule has 0 spiro atoms. The fourth-order valence-electron chi connectivity index (χ4n) is 3.11. The van der Waals surface area contributed by atoms with Crippen molar-refractivity contribution in [3.05, 3.63) is 29.8 Å². The number of benzene rings is 1. The van der Waals surface area contributed by atoms with Gasteiger partial charge in [0.15, 0.2) is 0 Å². The Balaban J connectivity index is 1.87. The van der Waals surface area contributed by atoms with Crippen LogP contribution in [0.4, 0.5) is 4.79 Å². The van der Waals surface area contributed by atoms with Gasteiger partial charge in [-0.1, -0.05) is 0 Å². The minimum atomic E-state index is -2.23. The van der Waals surface area contributed by atoms with Gasteiger partial charge >= 0.3 is 203 Å². The SMILES string of the molecule is CC(C)(C)[SiH-](C)(C)OCCCOc1ccc([C@@H]2OC(=O)N[C@H]2CO[SiH-](C)(C)C(C)(C)C)cc1. The number of rotatable bonds is 10. The number of amides is 1. The molecule has 1 aromatic rings. The first-order valence-corrected chi connectivity index (χ1v) is 19.2. The van der Waals surface area contributed by atoms with Crippen LogP contribution in [0.1, 0.15) is 59.6 Å². The van der Waals surface area contributed by atoms with Gasteiger partial charge in [-0.3, -0.25) is 0 Å². The van der Waals surface area contributed by atoms with Gasteiger partial charge in [-0.2, -0.15) is 0 Å². The molecule has 8 heteroatoms. The van der Waals surface area contributed by atoms with Crippen LogP contribution in [0.25, 0.3) is 0 Å². The summed E-state index contributed by atoms with van der Waals surface area (Å²) in [5.74, 6) is 0.807. The Morgan fingerprint density at radius 2 is 1.42 bits per heavy atom. The molecule has 0 saturated carbocycles.